The van der Waals surface area contributed by atoms with Crippen molar-refractivity contribution in [3.63, 3.8) is 0 Å². The van der Waals surface area contributed by atoms with Gasteiger partial charge in [0.05, 0.1) is 12.6 Å². The van der Waals surface area contributed by atoms with Gasteiger partial charge < -0.3 is 10.1 Å². The lowest BCUT2D eigenvalue weighted by molar-refractivity contribution is -0.121. The van der Waals surface area contributed by atoms with Crippen molar-refractivity contribution in [3.8, 4) is 0 Å². The summed E-state index contributed by atoms with van der Waals surface area (Å²) in [4.78, 5) is 25.0. The van der Waals surface area contributed by atoms with Crippen LogP contribution in [0.1, 0.15) is 50.4 Å². The Hall–Kier alpha value is -2.19. The van der Waals surface area contributed by atoms with Crippen molar-refractivity contribution in [3.05, 3.63) is 41.7 Å². The molecule has 1 fully saturated rings. The second-order valence-electron chi connectivity index (χ2n) is 8.38. The molecule has 0 radical (unpaired) electrons. The first-order valence-corrected chi connectivity index (χ1v) is 12.4. The lowest BCUT2D eigenvalue weighted by atomic mass is 9.85. The summed E-state index contributed by atoms with van der Waals surface area (Å²) >= 11 is 13.0. The van der Waals surface area contributed by atoms with Gasteiger partial charge >= 0.3 is 6.09 Å². The topological polar surface area (TPSA) is 99.0 Å². The van der Waals surface area contributed by atoms with E-state index in [1.807, 2.05) is 37.3 Å². The van der Waals surface area contributed by atoms with E-state index in [9.17, 15) is 9.59 Å². The number of nitrogens with one attached hydrogen (secondary N) is 1. The van der Waals surface area contributed by atoms with E-state index in [0.717, 1.165) is 25.7 Å². The molecule has 33 heavy (non-hydrogen) atoms. The molecule has 1 N–H and O–H groups in total. The van der Waals surface area contributed by atoms with Gasteiger partial charge in [-0.05, 0) is 54.0 Å². The number of aryl methyl sites for hydroxylation is 1. The summed E-state index contributed by atoms with van der Waals surface area (Å²) in [5.41, 5.74) is 1.19. The Morgan fingerprint density at radius 2 is 1.94 bits per heavy atom. The highest BCUT2D eigenvalue weighted by molar-refractivity contribution is 6.24. The van der Waals surface area contributed by atoms with Crippen molar-refractivity contribution < 1.29 is 14.3 Å². The third-order valence-corrected chi connectivity index (χ3v) is 7.08. The molecule has 2 aromatic rings. The molecular weight excluding hydrogens is 465 g/mol. The van der Waals surface area contributed by atoms with Crippen molar-refractivity contribution in [2.24, 2.45) is 5.92 Å². The quantitative estimate of drug-likeness (QED) is 0.374. The van der Waals surface area contributed by atoms with Gasteiger partial charge in [-0.1, -0.05) is 43.7 Å². The maximum atomic E-state index is 12.8. The molecule has 180 valence electrons. The summed E-state index contributed by atoms with van der Waals surface area (Å²) in [6.45, 7) is 2.07. The van der Waals surface area contributed by atoms with E-state index in [1.54, 1.807) is 0 Å². The normalized spacial score (nSPS) is 21.4. The molecule has 1 saturated carbocycles. The van der Waals surface area contributed by atoms with Gasteiger partial charge in [-0.3, -0.25) is 4.79 Å². The van der Waals surface area contributed by atoms with Gasteiger partial charge in [-0.2, -0.15) is 0 Å². The van der Waals surface area contributed by atoms with E-state index in [2.05, 4.69) is 20.8 Å². The number of rotatable bonds is 11. The Bertz CT molecular complexity index is 885. The molecule has 1 heterocycles. The molecule has 0 saturated heterocycles. The first kappa shape index (κ1) is 25.4. The number of carbonyl (C=O) groups is 2. The highest BCUT2D eigenvalue weighted by Crippen LogP contribution is 2.34. The van der Waals surface area contributed by atoms with Crippen molar-refractivity contribution >= 4 is 35.1 Å². The molecule has 0 spiro atoms. The van der Waals surface area contributed by atoms with Crippen LogP contribution in [0.2, 0.25) is 0 Å². The van der Waals surface area contributed by atoms with E-state index >= 15 is 0 Å². The number of alkyl halides is 2. The Morgan fingerprint density at radius 1 is 1.21 bits per heavy atom. The number of alkyl carbamates (subject to hydrolysis) is 1. The van der Waals surface area contributed by atoms with Crippen LogP contribution in [-0.2, 0) is 28.9 Å². The number of ketones is 1. The van der Waals surface area contributed by atoms with E-state index in [0.29, 0.717) is 25.1 Å². The number of hydrogen-bond acceptors (Lipinski definition) is 6. The molecule has 10 heteroatoms. The van der Waals surface area contributed by atoms with Crippen LogP contribution in [-0.4, -0.2) is 55.5 Å². The van der Waals surface area contributed by atoms with E-state index in [1.165, 1.54) is 10.2 Å². The fourth-order valence-corrected chi connectivity index (χ4v) is 4.97. The van der Waals surface area contributed by atoms with E-state index in [-0.39, 0.29) is 35.6 Å². The Labute approximate surface area is 204 Å². The average Bonchev–Trinajstić information content (AvgIpc) is 3.24. The molecule has 1 aliphatic carbocycles. The van der Waals surface area contributed by atoms with Gasteiger partial charge in [0.25, 0.3) is 0 Å². The monoisotopic (exact) mass is 495 g/mol. The summed E-state index contributed by atoms with van der Waals surface area (Å²) in [5, 5.41) is 14.3. The van der Waals surface area contributed by atoms with Crippen LogP contribution < -0.4 is 5.32 Å². The van der Waals surface area contributed by atoms with Crippen LogP contribution in [0.25, 0.3) is 0 Å². The molecule has 1 amide bonds. The first-order chi connectivity index (χ1) is 16.0. The van der Waals surface area contributed by atoms with Crippen molar-refractivity contribution in [2.75, 3.05) is 6.61 Å². The van der Waals surface area contributed by atoms with E-state index in [4.69, 9.17) is 27.9 Å². The minimum Gasteiger partial charge on any atom is -0.450 e. The molecule has 3 atom stereocenters. The summed E-state index contributed by atoms with van der Waals surface area (Å²) in [6, 6.07) is 9.32. The molecule has 3 unspecified atom stereocenters. The summed E-state index contributed by atoms with van der Waals surface area (Å²) in [7, 11) is 0. The van der Waals surface area contributed by atoms with Gasteiger partial charge in [0, 0.05) is 17.2 Å². The molecule has 1 aromatic carbocycles. The van der Waals surface area contributed by atoms with Crippen molar-refractivity contribution in [2.45, 2.75) is 75.2 Å². The van der Waals surface area contributed by atoms with Crippen LogP contribution in [0.15, 0.2) is 30.3 Å². The lowest BCUT2D eigenvalue weighted by Crippen LogP contribution is -2.42. The fraction of sp³-hybridized carbons (Fsp3) is 0.609. The Morgan fingerprint density at radius 3 is 2.64 bits per heavy atom. The minimum absolute atomic E-state index is 0.0381. The average molecular weight is 496 g/mol. The van der Waals surface area contributed by atoms with Crippen LogP contribution in [0.5, 0.6) is 0 Å². The smallest absolute Gasteiger partial charge is 0.407 e. The number of amides is 1. The number of aromatic nitrogens is 4. The molecule has 0 aliphatic heterocycles. The zero-order valence-corrected chi connectivity index (χ0v) is 20.3. The predicted molar refractivity (Wildman–Crippen MR) is 126 cm³/mol. The van der Waals surface area contributed by atoms with Crippen LogP contribution in [0, 0.1) is 5.92 Å². The number of tetrazole rings is 1. The zero-order chi connectivity index (χ0) is 23.6. The van der Waals surface area contributed by atoms with Crippen LogP contribution in [0.4, 0.5) is 4.79 Å². The molecular formula is C23H31Cl2N5O3. The molecule has 0 bridgehead atoms. The third-order valence-electron chi connectivity index (χ3n) is 5.99. The summed E-state index contributed by atoms with van der Waals surface area (Å²) in [5.74, 6) is 0.429. The minimum atomic E-state index is -0.681. The maximum Gasteiger partial charge on any atom is 0.407 e. The van der Waals surface area contributed by atoms with Gasteiger partial charge in [-0.15, -0.1) is 28.3 Å². The number of halogens is 2. The number of hydrogen-bond donors (Lipinski definition) is 1. The van der Waals surface area contributed by atoms with Gasteiger partial charge in [0.15, 0.2) is 11.6 Å². The first-order valence-electron chi connectivity index (χ1n) is 11.5. The van der Waals surface area contributed by atoms with E-state index < -0.39 is 12.1 Å². The number of Topliss-reactive ketones (excluding diaryl/α,β-unsaturated/α-hetero) is 1. The standard InChI is InChI=1S/C23H31Cl2N5O3/c1-2-20(26-23(32)33-13-7-10-16-8-4-3-5-9-16)21(31)15-30-22(27-28-29-30)14-17-18(24)11-6-12-19(17)25/h3-5,8-9,17-20H,2,6-7,10-15H2,1H3,(H,26,32). The number of benzene rings is 1. The Balaban J connectivity index is 1.46. The molecule has 3 rings (SSSR count). The van der Waals surface area contributed by atoms with Gasteiger partial charge in [-0.25, -0.2) is 9.48 Å². The van der Waals surface area contributed by atoms with Crippen molar-refractivity contribution in [1.82, 2.24) is 25.5 Å². The second-order valence-corrected chi connectivity index (χ2v) is 9.50. The summed E-state index contributed by atoms with van der Waals surface area (Å²) < 4.78 is 6.72. The lowest BCUT2D eigenvalue weighted by Gasteiger charge is -2.31. The Kier molecular flexibility index (Phi) is 9.94. The molecule has 1 aliphatic rings. The SMILES string of the molecule is CCC(NC(=O)OCCCc1ccccc1)C(=O)Cn1nnnc1CC1C(Cl)CCCC1Cl. The largest absolute Gasteiger partial charge is 0.450 e. The van der Waals surface area contributed by atoms with Crippen LogP contribution >= 0.6 is 23.2 Å². The highest BCUT2D eigenvalue weighted by atomic mass is 35.5. The third kappa shape index (κ3) is 7.67. The highest BCUT2D eigenvalue weighted by Gasteiger charge is 2.33. The molecule has 8 nitrogen and oxygen atoms in total. The number of nitrogens with zero attached hydrogens (tertiary/aromatic N) is 4. The zero-order valence-electron chi connectivity index (χ0n) is 18.8. The number of carbonyl (C=O) groups excluding carboxylic acids is 2. The van der Waals surface area contributed by atoms with Gasteiger partial charge in [0.2, 0.25) is 0 Å². The van der Waals surface area contributed by atoms with Crippen molar-refractivity contribution in [1.29, 1.82) is 0 Å². The maximum absolute atomic E-state index is 12.8. The molecule has 1 aromatic heterocycles. The van der Waals surface area contributed by atoms with Crippen LogP contribution in [0.3, 0.4) is 0 Å². The predicted octanol–water partition coefficient (Wildman–Crippen LogP) is 3.94. The van der Waals surface area contributed by atoms with Gasteiger partial charge in [0.1, 0.15) is 6.54 Å². The summed E-state index contributed by atoms with van der Waals surface area (Å²) in [6.07, 6.45) is 4.70. The second kappa shape index (κ2) is 12.9. The fourth-order valence-electron chi connectivity index (χ4n) is 4.06. The number of ether oxygens (including phenoxy) is 1.